The van der Waals surface area contributed by atoms with Crippen molar-refractivity contribution in [2.75, 3.05) is 18.1 Å². The van der Waals surface area contributed by atoms with E-state index in [1.807, 2.05) is 22.8 Å². The molecule has 8 heteroatoms. The number of fused-ring (bicyclic) bond motifs is 1. The van der Waals surface area contributed by atoms with Crippen LogP contribution in [-0.2, 0) is 0 Å². The maximum absolute atomic E-state index is 11.4. The number of carbonyl (C=O) groups is 1. The summed E-state index contributed by atoms with van der Waals surface area (Å²) in [4.78, 5) is 24.9. The quantitative estimate of drug-likeness (QED) is 0.527. The molecule has 0 bridgehead atoms. The Labute approximate surface area is 159 Å². The van der Waals surface area contributed by atoms with Crippen LogP contribution in [0.15, 0.2) is 54.7 Å². The van der Waals surface area contributed by atoms with Crippen LogP contribution in [0.3, 0.4) is 0 Å². The number of nitrogens with two attached hydrogens (primary N) is 1. The van der Waals surface area contributed by atoms with E-state index in [2.05, 4.69) is 15.3 Å². The predicted molar refractivity (Wildman–Crippen MR) is 106 cm³/mol. The third-order valence-electron chi connectivity index (χ3n) is 4.19. The Hall–Kier alpha value is -3.45. The Morgan fingerprint density at radius 1 is 1.11 bits per heavy atom. The SMILES string of the molecule is CNc1ccc2nc(-c3cccnc3N)n(-c3ccc(C(=O)Cl)cc3)c2n1. The van der Waals surface area contributed by atoms with Gasteiger partial charge in [-0.05, 0) is 60.1 Å². The molecule has 0 spiro atoms. The number of nitrogens with zero attached hydrogens (tertiary/aromatic N) is 4. The number of imidazole rings is 1. The molecule has 134 valence electrons. The molecule has 0 amide bonds. The fraction of sp³-hybridized carbons (Fsp3) is 0.0526. The molecule has 0 unspecified atom stereocenters. The van der Waals surface area contributed by atoms with E-state index in [1.165, 1.54) is 0 Å². The number of rotatable bonds is 4. The molecule has 3 N–H and O–H groups in total. The van der Waals surface area contributed by atoms with Gasteiger partial charge in [0.05, 0.1) is 5.56 Å². The van der Waals surface area contributed by atoms with E-state index in [9.17, 15) is 4.79 Å². The van der Waals surface area contributed by atoms with Gasteiger partial charge in [-0.1, -0.05) is 0 Å². The van der Waals surface area contributed by atoms with Gasteiger partial charge in [-0.15, -0.1) is 0 Å². The van der Waals surface area contributed by atoms with E-state index in [0.29, 0.717) is 39.8 Å². The van der Waals surface area contributed by atoms with Crippen LogP contribution in [0.25, 0.3) is 28.2 Å². The summed E-state index contributed by atoms with van der Waals surface area (Å²) < 4.78 is 1.88. The lowest BCUT2D eigenvalue weighted by Gasteiger charge is -2.11. The number of nitrogen functional groups attached to an aromatic ring is 1. The highest BCUT2D eigenvalue weighted by molar-refractivity contribution is 6.67. The number of pyridine rings is 2. The van der Waals surface area contributed by atoms with Crippen molar-refractivity contribution >= 4 is 39.6 Å². The first kappa shape index (κ1) is 17.0. The molecule has 1 aromatic carbocycles. The Balaban J connectivity index is 2.02. The van der Waals surface area contributed by atoms with Crippen LogP contribution in [0.1, 0.15) is 10.4 Å². The van der Waals surface area contributed by atoms with Crippen molar-refractivity contribution in [1.82, 2.24) is 19.5 Å². The average Bonchev–Trinajstić information content (AvgIpc) is 3.06. The van der Waals surface area contributed by atoms with Crippen LogP contribution in [0, 0.1) is 0 Å². The van der Waals surface area contributed by atoms with E-state index < -0.39 is 5.24 Å². The van der Waals surface area contributed by atoms with Crippen LogP contribution in [0.4, 0.5) is 11.6 Å². The highest BCUT2D eigenvalue weighted by Crippen LogP contribution is 2.30. The number of benzene rings is 1. The van der Waals surface area contributed by atoms with E-state index >= 15 is 0 Å². The second-order valence-corrected chi connectivity index (χ2v) is 6.16. The molecule has 3 aromatic heterocycles. The topological polar surface area (TPSA) is 98.7 Å². The summed E-state index contributed by atoms with van der Waals surface area (Å²) in [6.07, 6.45) is 1.63. The molecule has 0 saturated heterocycles. The lowest BCUT2D eigenvalue weighted by molar-refractivity contribution is 0.108. The van der Waals surface area contributed by atoms with Gasteiger partial charge in [0.1, 0.15) is 17.2 Å². The maximum atomic E-state index is 11.4. The van der Waals surface area contributed by atoms with E-state index in [0.717, 1.165) is 5.69 Å². The van der Waals surface area contributed by atoms with Crippen LogP contribution < -0.4 is 11.1 Å². The Morgan fingerprint density at radius 2 is 1.89 bits per heavy atom. The predicted octanol–water partition coefficient (Wildman–Crippen LogP) is 3.49. The summed E-state index contributed by atoms with van der Waals surface area (Å²) in [5.41, 5.74) is 9.33. The number of anilines is 2. The van der Waals surface area contributed by atoms with Crippen LogP contribution in [-0.4, -0.2) is 31.8 Å². The van der Waals surface area contributed by atoms with Gasteiger partial charge < -0.3 is 11.1 Å². The molecule has 4 aromatic rings. The molecular weight excluding hydrogens is 364 g/mol. The fourth-order valence-electron chi connectivity index (χ4n) is 2.87. The van der Waals surface area contributed by atoms with Crippen LogP contribution in [0.2, 0.25) is 0 Å². The van der Waals surface area contributed by atoms with Gasteiger partial charge in [-0.3, -0.25) is 9.36 Å². The zero-order valence-corrected chi connectivity index (χ0v) is 15.1. The monoisotopic (exact) mass is 378 g/mol. The third-order valence-corrected chi connectivity index (χ3v) is 4.41. The van der Waals surface area contributed by atoms with E-state index in [4.69, 9.17) is 22.3 Å². The lowest BCUT2D eigenvalue weighted by atomic mass is 10.2. The lowest BCUT2D eigenvalue weighted by Crippen LogP contribution is -2.03. The summed E-state index contributed by atoms with van der Waals surface area (Å²) >= 11 is 5.56. The molecule has 7 nitrogen and oxygen atoms in total. The normalized spacial score (nSPS) is 10.9. The molecule has 0 aliphatic heterocycles. The largest absolute Gasteiger partial charge is 0.383 e. The molecule has 27 heavy (non-hydrogen) atoms. The number of hydrogen-bond donors (Lipinski definition) is 2. The van der Waals surface area contributed by atoms with E-state index in [-0.39, 0.29) is 0 Å². The summed E-state index contributed by atoms with van der Waals surface area (Å²) in [5, 5.41) is 2.52. The number of hydrogen-bond acceptors (Lipinski definition) is 6. The molecule has 0 radical (unpaired) electrons. The molecule has 0 atom stereocenters. The Bertz CT molecular complexity index is 1150. The van der Waals surface area contributed by atoms with Crippen molar-refractivity contribution in [2.24, 2.45) is 0 Å². The first-order valence-corrected chi connectivity index (χ1v) is 8.54. The second-order valence-electron chi connectivity index (χ2n) is 5.82. The minimum absolute atomic E-state index is 0.371. The van der Waals surface area contributed by atoms with Crippen molar-refractivity contribution in [2.45, 2.75) is 0 Å². The van der Waals surface area contributed by atoms with Crippen molar-refractivity contribution < 1.29 is 4.79 Å². The second kappa shape index (κ2) is 6.69. The van der Waals surface area contributed by atoms with Gasteiger partial charge >= 0.3 is 0 Å². The van der Waals surface area contributed by atoms with Gasteiger partial charge in [0.2, 0.25) is 0 Å². The number of nitrogens with one attached hydrogen (secondary N) is 1. The summed E-state index contributed by atoms with van der Waals surface area (Å²) in [5.74, 6) is 1.69. The highest BCUT2D eigenvalue weighted by Gasteiger charge is 2.18. The van der Waals surface area contributed by atoms with Crippen molar-refractivity contribution in [1.29, 1.82) is 0 Å². The first-order chi connectivity index (χ1) is 13.1. The smallest absolute Gasteiger partial charge is 0.252 e. The number of carbonyl (C=O) groups excluding carboxylic acids is 1. The van der Waals surface area contributed by atoms with Crippen molar-refractivity contribution in [3.63, 3.8) is 0 Å². The highest BCUT2D eigenvalue weighted by atomic mass is 35.5. The average molecular weight is 379 g/mol. The zero-order valence-electron chi connectivity index (χ0n) is 14.3. The van der Waals surface area contributed by atoms with Crippen LogP contribution in [0.5, 0.6) is 0 Å². The number of aromatic nitrogens is 4. The molecule has 0 aliphatic rings. The van der Waals surface area contributed by atoms with E-state index in [1.54, 1.807) is 43.6 Å². The third kappa shape index (κ3) is 2.98. The van der Waals surface area contributed by atoms with Crippen LogP contribution >= 0.6 is 11.6 Å². The maximum Gasteiger partial charge on any atom is 0.252 e. The molecule has 0 saturated carbocycles. The standard InChI is InChI=1S/C19H15ClN6O/c1-22-15-9-8-14-19(25-15)26(12-6-4-11(5-7-12)16(20)27)18(24-14)13-3-2-10-23-17(13)21/h2-10H,1H3,(H2,21,23)(H,22,25). The van der Waals surface area contributed by atoms with Crippen molar-refractivity contribution in [3.8, 4) is 17.1 Å². The first-order valence-electron chi connectivity index (χ1n) is 8.17. The minimum atomic E-state index is -0.510. The van der Waals surface area contributed by atoms with Gasteiger partial charge in [-0.2, -0.15) is 0 Å². The van der Waals surface area contributed by atoms with Crippen molar-refractivity contribution in [3.05, 3.63) is 60.3 Å². The molecule has 0 fully saturated rings. The summed E-state index contributed by atoms with van der Waals surface area (Å²) in [7, 11) is 1.80. The molecule has 3 heterocycles. The van der Waals surface area contributed by atoms with Gasteiger partial charge in [0.15, 0.2) is 11.5 Å². The zero-order chi connectivity index (χ0) is 19.0. The molecule has 4 rings (SSSR count). The Kier molecular flexibility index (Phi) is 4.21. The fourth-order valence-corrected chi connectivity index (χ4v) is 3.00. The molecular formula is C19H15ClN6O. The Morgan fingerprint density at radius 3 is 2.56 bits per heavy atom. The molecule has 0 aliphatic carbocycles. The minimum Gasteiger partial charge on any atom is -0.383 e. The summed E-state index contributed by atoms with van der Waals surface area (Å²) in [6.45, 7) is 0. The van der Waals surface area contributed by atoms with Gasteiger partial charge in [-0.25, -0.2) is 15.0 Å². The van der Waals surface area contributed by atoms with Gasteiger partial charge in [0.25, 0.3) is 5.24 Å². The van der Waals surface area contributed by atoms with Gasteiger partial charge in [0, 0.05) is 24.5 Å². The summed E-state index contributed by atoms with van der Waals surface area (Å²) in [6, 6.07) is 14.3. The number of halogens is 1.